The van der Waals surface area contributed by atoms with E-state index in [9.17, 15) is 9.90 Å². The molecule has 0 rings (SSSR count). The molecule has 0 aliphatic rings. The van der Waals surface area contributed by atoms with Crippen LogP contribution in [0.4, 0.5) is 0 Å². The second kappa shape index (κ2) is 7.48. The van der Waals surface area contributed by atoms with Gasteiger partial charge in [0.05, 0.1) is 6.10 Å². The van der Waals surface area contributed by atoms with Crippen molar-refractivity contribution < 1.29 is 14.6 Å². The maximum atomic E-state index is 11.0. The lowest BCUT2D eigenvalue weighted by atomic mass is 10.3. The van der Waals surface area contributed by atoms with Gasteiger partial charge in [0.15, 0.2) is 0 Å². The zero-order valence-corrected chi connectivity index (χ0v) is 11.7. The molecule has 0 amide bonds. The molecule has 0 aromatic rings. The minimum Gasteiger partial charge on any atom is -0.463 e. The molecule has 0 saturated carbocycles. The highest BCUT2D eigenvalue weighted by molar-refractivity contribution is 6.83. The molecule has 0 aliphatic heterocycles. The molecule has 0 radical (unpaired) electrons. The average Bonchev–Trinajstić information content (AvgIpc) is 2.13. The molecule has 1 atom stereocenters. The van der Waals surface area contributed by atoms with E-state index in [-0.39, 0.29) is 12.6 Å². The summed E-state index contributed by atoms with van der Waals surface area (Å²) in [6, 6.07) is 0. The lowest BCUT2D eigenvalue weighted by molar-refractivity contribution is -0.146. The van der Waals surface area contributed by atoms with E-state index in [0.717, 1.165) is 6.42 Å². The highest BCUT2D eigenvalue weighted by Crippen LogP contribution is 1.99. The third-order valence-corrected chi connectivity index (χ3v) is 2.62. The van der Waals surface area contributed by atoms with E-state index < -0.39 is 14.2 Å². The van der Waals surface area contributed by atoms with Crippen LogP contribution in [0.15, 0.2) is 0 Å². The number of aliphatic hydroxyl groups excluding tert-OH is 1. The van der Waals surface area contributed by atoms with Gasteiger partial charge in [-0.3, -0.25) is 4.79 Å². The number of ether oxygens (including phenoxy) is 1. The van der Waals surface area contributed by atoms with Crippen LogP contribution in [0, 0.1) is 11.5 Å². The third kappa shape index (κ3) is 9.75. The molecular weight excluding hydrogens is 220 g/mol. The lowest BCUT2D eigenvalue weighted by Crippen LogP contribution is -2.19. The minimum absolute atomic E-state index is 0.0548. The summed E-state index contributed by atoms with van der Waals surface area (Å²) in [7, 11) is -1.36. The van der Waals surface area contributed by atoms with Crippen molar-refractivity contribution in [2.24, 2.45) is 0 Å². The summed E-state index contributed by atoms with van der Waals surface area (Å²) in [5, 5.41) is 9.50. The standard InChI is InChI=1S/C12H22O3Si/c1-5-7-12(14)15-10-11(13)8-6-9-16(2,3)4/h11,13H,5,7-8,10H2,1-4H3/t11-/m1/s1. The van der Waals surface area contributed by atoms with Crippen LogP contribution in [0.2, 0.25) is 19.6 Å². The number of rotatable bonds is 5. The van der Waals surface area contributed by atoms with Gasteiger partial charge in [-0.15, -0.1) is 11.5 Å². The van der Waals surface area contributed by atoms with Crippen molar-refractivity contribution in [1.82, 2.24) is 0 Å². The van der Waals surface area contributed by atoms with Gasteiger partial charge in [-0.25, -0.2) is 0 Å². The van der Waals surface area contributed by atoms with Crippen molar-refractivity contribution in [2.45, 2.75) is 51.9 Å². The highest BCUT2D eigenvalue weighted by Gasteiger charge is 2.09. The molecule has 0 unspecified atom stereocenters. The molecule has 0 aliphatic carbocycles. The molecule has 0 bridgehead atoms. The summed E-state index contributed by atoms with van der Waals surface area (Å²) in [4.78, 5) is 11.0. The van der Waals surface area contributed by atoms with Crippen molar-refractivity contribution >= 4 is 14.0 Å². The molecule has 0 aromatic carbocycles. The number of hydrogen-bond donors (Lipinski definition) is 1. The van der Waals surface area contributed by atoms with Crippen LogP contribution in [0.1, 0.15) is 26.2 Å². The number of carbonyl (C=O) groups excluding carboxylic acids is 1. The minimum atomic E-state index is -1.36. The Hall–Kier alpha value is -0.793. The summed E-state index contributed by atoms with van der Waals surface area (Å²) in [6.45, 7) is 8.41. The molecular formula is C12H22O3Si. The summed E-state index contributed by atoms with van der Waals surface area (Å²) in [6.07, 6.45) is 0.895. The quantitative estimate of drug-likeness (QED) is 0.455. The normalized spacial score (nSPS) is 12.6. The molecule has 0 saturated heterocycles. The Kier molecular flexibility index (Phi) is 7.10. The van der Waals surface area contributed by atoms with Crippen LogP contribution in [0.5, 0.6) is 0 Å². The number of carbonyl (C=O) groups is 1. The summed E-state index contributed by atoms with van der Waals surface area (Å²) in [5.41, 5.74) is 3.15. The van der Waals surface area contributed by atoms with Crippen LogP contribution in [-0.4, -0.2) is 31.9 Å². The second-order valence-electron chi connectivity index (χ2n) is 4.84. The molecule has 0 aromatic heterocycles. The van der Waals surface area contributed by atoms with E-state index in [1.54, 1.807) is 0 Å². The largest absolute Gasteiger partial charge is 0.463 e. The molecule has 0 spiro atoms. The Labute approximate surface area is 99.2 Å². The van der Waals surface area contributed by atoms with Crippen molar-refractivity contribution in [1.29, 1.82) is 0 Å². The van der Waals surface area contributed by atoms with Crippen LogP contribution in [0.3, 0.4) is 0 Å². The smallest absolute Gasteiger partial charge is 0.305 e. The predicted octanol–water partition coefficient (Wildman–Crippen LogP) is 1.96. The Morgan fingerprint density at radius 3 is 2.56 bits per heavy atom. The van der Waals surface area contributed by atoms with Gasteiger partial charge in [-0.2, -0.15) is 0 Å². The summed E-state index contributed by atoms with van der Waals surface area (Å²) < 4.78 is 4.88. The fourth-order valence-electron chi connectivity index (χ4n) is 0.958. The van der Waals surface area contributed by atoms with Gasteiger partial charge in [-0.05, 0) is 6.42 Å². The Morgan fingerprint density at radius 1 is 1.44 bits per heavy atom. The van der Waals surface area contributed by atoms with Crippen molar-refractivity contribution in [3.8, 4) is 11.5 Å². The fraction of sp³-hybridized carbons (Fsp3) is 0.750. The molecule has 4 heteroatoms. The van der Waals surface area contributed by atoms with Gasteiger partial charge in [0.2, 0.25) is 0 Å². The highest BCUT2D eigenvalue weighted by atomic mass is 28.3. The summed E-state index contributed by atoms with van der Waals surface area (Å²) in [5.74, 6) is 2.70. The lowest BCUT2D eigenvalue weighted by Gasteiger charge is -2.08. The van der Waals surface area contributed by atoms with Crippen molar-refractivity contribution in [2.75, 3.05) is 6.61 Å². The van der Waals surface area contributed by atoms with Crippen LogP contribution in [-0.2, 0) is 9.53 Å². The van der Waals surface area contributed by atoms with Crippen LogP contribution >= 0.6 is 0 Å². The number of aliphatic hydroxyl groups is 1. The molecule has 92 valence electrons. The monoisotopic (exact) mass is 242 g/mol. The van der Waals surface area contributed by atoms with Crippen LogP contribution < -0.4 is 0 Å². The Bertz CT molecular complexity index is 270. The van der Waals surface area contributed by atoms with Crippen molar-refractivity contribution in [3.05, 3.63) is 0 Å². The van der Waals surface area contributed by atoms with Gasteiger partial charge >= 0.3 is 5.97 Å². The summed E-state index contributed by atoms with van der Waals surface area (Å²) >= 11 is 0. The maximum Gasteiger partial charge on any atom is 0.305 e. The fourth-order valence-corrected chi connectivity index (χ4v) is 1.59. The van der Waals surface area contributed by atoms with E-state index in [4.69, 9.17) is 4.74 Å². The maximum absolute atomic E-state index is 11.0. The zero-order chi connectivity index (χ0) is 12.6. The first-order valence-corrected chi connectivity index (χ1v) is 9.19. The number of esters is 1. The zero-order valence-electron chi connectivity index (χ0n) is 10.7. The molecule has 0 heterocycles. The molecule has 16 heavy (non-hydrogen) atoms. The van der Waals surface area contributed by atoms with E-state index in [1.165, 1.54) is 0 Å². The Morgan fingerprint density at radius 2 is 2.06 bits per heavy atom. The van der Waals surface area contributed by atoms with Gasteiger partial charge in [0.25, 0.3) is 0 Å². The second-order valence-corrected chi connectivity index (χ2v) is 9.59. The first-order chi connectivity index (χ1) is 7.35. The van der Waals surface area contributed by atoms with Gasteiger partial charge in [0, 0.05) is 12.8 Å². The molecule has 1 N–H and O–H groups in total. The third-order valence-electron chi connectivity index (χ3n) is 1.69. The van der Waals surface area contributed by atoms with Gasteiger partial charge in [0.1, 0.15) is 14.7 Å². The molecule has 0 fully saturated rings. The van der Waals surface area contributed by atoms with Crippen molar-refractivity contribution in [3.63, 3.8) is 0 Å². The van der Waals surface area contributed by atoms with E-state index in [2.05, 4.69) is 31.1 Å². The van der Waals surface area contributed by atoms with E-state index in [1.807, 2.05) is 6.92 Å². The van der Waals surface area contributed by atoms with Crippen LogP contribution in [0.25, 0.3) is 0 Å². The topological polar surface area (TPSA) is 46.5 Å². The number of hydrogen-bond acceptors (Lipinski definition) is 3. The molecule has 3 nitrogen and oxygen atoms in total. The van der Waals surface area contributed by atoms with E-state index in [0.29, 0.717) is 12.8 Å². The van der Waals surface area contributed by atoms with Gasteiger partial charge < -0.3 is 9.84 Å². The predicted molar refractivity (Wildman–Crippen MR) is 67.6 cm³/mol. The van der Waals surface area contributed by atoms with Gasteiger partial charge in [-0.1, -0.05) is 26.6 Å². The first-order valence-electron chi connectivity index (χ1n) is 5.69. The Balaban J connectivity index is 3.78. The average molecular weight is 242 g/mol. The first kappa shape index (κ1) is 15.2. The van der Waals surface area contributed by atoms with E-state index >= 15 is 0 Å². The SMILES string of the molecule is CCCC(=O)OC[C@H](O)CC#C[Si](C)(C)C.